The summed E-state index contributed by atoms with van der Waals surface area (Å²) in [5, 5.41) is 23.2. The molecule has 0 saturated heterocycles. The second-order valence-corrected chi connectivity index (χ2v) is 8.10. The Bertz CT molecular complexity index is 899. The Morgan fingerprint density at radius 2 is 2.10 bits per heavy atom. The number of halogens is 1. The van der Waals surface area contributed by atoms with E-state index >= 15 is 0 Å². The first-order valence-electron chi connectivity index (χ1n) is 8.73. The third kappa shape index (κ3) is 6.31. The van der Waals surface area contributed by atoms with Gasteiger partial charge in [0.05, 0.1) is 0 Å². The molecule has 0 aliphatic rings. The van der Waals surface area contributed by atoms with E-state index in [1.807, 2.05) is 6.92 Å². The number of nitrogens with one attached hydrogen (secondary N) is 1. The van der Waals surface area contributed by atoms with Gasteiger partial charge in [-0.2, -0.15) is 0 Å². The molecule has 1 aromatic heterocycles. The maximum atomic E-state index is 14.5. The van der Waals surface area contributed by atoms with Crippen molar-refractivity contribution in [3.8, 4) is 5.69 Å². The van der Waals surface area contributed by atoms with Gasteiger partial charge in [0.2, 0.25) is 0 Å². The topological polar surface area (TPSA) is 145 Å². The third-order valence-electron chi connectivity index (χ3n) is 3.46. The Kier molecular flexibility index (Phi) is 7.01. The van der Waals surface area contributed by atoms with Gasteiger partial charge in [-0.25, -0.2) is 14.0 Å². The largest absolute Gasteiger partial charge is 0.480 e. The smallest absolute Gasteiger partial charge is 0.408 e. The van der Waals surface area contributed by atoms with Crippen molar-refractivity contribution in [3.05, 3.63) is 23.8 Å². The minimum Gasteiger partial charge on any atom is -0.480 e. The Labute approximate surface area is 171 Å². The van der Waals surface area contributed by atoms with E-state index in [-0.39, 0.29) is 17.1 Å². The highest BCUT2D eigenvalue weighted by Gasteiger charge is 2.24. The molecule has 0 saturated carbocycles. The molecular formula is C17H23FN6O4S. The van der Waals surface area contributed by atoms with Crippen molar-refractivity contribution in [1.29, 1.82) is 0 Å². The summed E-state index contributed by atoms with van der Waals surface area (Å²) in [4.78, 5) is 24.6. The Hall–Kier alpha value is -2.89. The van der Waals surface area contributed by atoms with E-state index in [0.717, 1.165) is 22.6 Å². The molecular weight excluding hydrogens is 403 g/mol. The Morgan fingerprint density at radius 1 is 1.41 bits per heavy atom. The standard InChI is InChI=1S/C17H23FN6O4S/c1-5-14-21-23-24(22-14)12-7-10(19)13(6-9(12)18)29-8-11(15(25)26)20-16(27)28-17(2,3)4/h6-7,11H,5,8,19H2,1-4H3,(H,20,27)(H,25,26). The number of tetrazole rings is 1. The zero-order chi connectivity index (χ0) is 21.8. The fourth-order valence-electron chi connectivity index (χ4n) is 2.12. The molecule has 1 heterocycles. The minimum absolute atomic E-state index is 0.0284. The number of ether oxygens (including phenoxy) is 1. The molecule has 0 aliphatic heterocycles. The van der Waals surface area contributed by atoms with Gasteiger partial charge < -0.3 is 20.9 Å². The maximum Gasteiger partial charge on any atom is 0.408 e. The molecule has 0 aliphatic carbocycles. The van der Waals surface area contributed by atoms with Gasteiger partial charge in [0, 0.05) is 22.8 Å². The lowest BCUT2D eigenvalue weighted by atomic mass is 10.2. The average Bonchev–Trinajstić information content (AvgIpc) is 3.08. The number of amides is 1. The summed E-state index contributed by atoms with van der Waals surface area (Å²) in [7, 11) is 0. The summed E-state index contributed by atoms with van der Waals surface area (Å²) in [5.74, 6) is -1.52. The molecule has 2 rings (SSSR count). The number of benzene rings is 1. The van der Waals surface area contributed by atoms with Crippen LogP contribution in [0.2, 0.25) is 0 Å². The summed E-state index contributed by atoms with van der Waals surface area (Å²) in [5.41, 5.74) is 5.45. The molecule has 0 radical (unpaired) electrons. The number of nitrogens with two attached hydrogens (primary N) is 1. The number of rotatable bonds is 7. The molecule has 1 unspecified atom stereocenters. The molecule has 0 bridgehead atoms. The van der Waals surface area contributed by atoms with E-state index < -0.39 is 29.5 Å². The average molecular weight is 426 g/mol. The van der Waals surface area contributed by atoms with E-state index in [0.29, 0.717) is 17.1 Å². The number of hydrogen-bond donors (Lipinski definition) is 3. The van der Waals surface area contributed by atoms with Crippen LogP contribution in [0, 0.1) is 5.82 Å². The number of aliphatic carboxylic acids is 1. The van der Waals surface area contributed by atoms with E-state index in [1.165, 1.54) is 6.07 Å². The fourth-order valence-corrected chi connectivity index (χ4v) is 3.11. The number of thioether (sulfide) groups is 1. The van der Waals surface area contributed by atoms with Crippen molar-refractivity contribution >= 4 is 29.5 Å². The SMILES string of the molecule is CCc1nnn(-c2cc(N)c(SCC(NC(=O)OC(C)(C)C)C(=O)O)cc2F)n1. The first-order valence-corrected chi connectivity index (χ1v) is 9.72. The summed E-state index contributed by atoms with van der Waals surface area (Å²) in [6, 6.07) is 1.26. The molecule has 2 aromatic rings. The van der Waals surface area contributed by atoms with Crippen LogP contribution >= 0.6 is 11.8 Å². The predicted molar refractivity (Wildman–Crippen MR) is 104 cm³/mol. The maximum absolute atomic E-state index is 14.5. The van der Waals surface area contributed by atoms with Crippen molar-refractivity contribution in [2.75, 3.05) is 11.5 Å². The van der Waals surface area contributed by atoms with Crippen LogP contribution in [0.1, 0.15) is 33.5 Å². The highest BCUT2D eigenvalue weighted by Crippen LogP contribution is 2.29. The van der Waals surface area contributed by atoms with Crippen LogP contribution in [0.3, 0.4) is 0 Å². The number of carbonyl (C=O) groups excluding carboxylic acids is 1. The zero-order valence-electron chi connectivity index (χ0n) is 16.5. The van der Waals surface area contributed by atoms with Gasteiger partial charge in [0.1, 0.15) is 17.3 Å². The lowest BCUT2D eigenvalue weighted by Gasteiger charge is -2.22. The van der Waals surface area contributed by atoms with Crippen molar-refractivity contribution in [3.63, 3.8) is 0 Å². The monoisotopic (exact) mass is 426 g/mol. The second kappa shape index (κ2) is 9.07. The van der Waals surface area contributed by atoms with E-state index in [1.54, 1.807) is 20.8 Å². The van der Waals surface area contributed by atoms with Gasteiger partial charge in [0.25, 0.3) is 0 Å². The molecule has 12 heteroatoms. The number of aryl methyl sites for hydroxylation is 1. The van der Waals surface area contributed by atoms with E-state index in [2.05, 4.69) is 20.7 Å². The lowest BCUT2D eigenvalue weighted by molar-refractivity contribution is -0.138. The molecule has 158 valence electrons. The normalized spacial score (nSPS) is 12.4. The first kappa shape index (κ1) is 22.4. The molecule has 0 spiro atoms. The van der Waals surface area contributed by atoms with E-state index in [9.17, 15) is 19.1 Å². The van der Waals surface area contributed by atoms with Crippen LogP contribution in [-0.4, -0.2) is 54.8 Å². The van der Waals surface area contributed by atoms with Crippen molar-refractivity contribution in [2.24, 2.45) is 0 Å². The lowest BCUT2D eigenvalue weighted by Crippen LogP contribution is -2.44. The third-order valence-corrected chi connectivity index (χ3v) is 4.63. The Morgan fingerprint density at radius 3 is 2.66 bits per heavy atom. The van der Waals surface area contributed by atoms with Crippen LogP contribution in [-0.2, 0) is 16.0 Å². The number of nitrogens with zero attached hydrogens (tertiary/aromatic N) is 4. The predicted octanol–water partition coefficient (Wildman–Crippen LogP) is 2.02. The minimum atomic E-state index is -1.25. The highest BCUT2D eigenvalue weighted by atomic mass is 32.2. The number of nitrogen functional groups attached to an aromatic ring is 1. The molecule has 29 heavy (non-hydrogen) atoms. The molecule has 1 atom stereocenters. The van der Waals surface area contributed by atoms with Gasteiger partial charge in [-0.15, -0.1) is 26.8 Å². The van der Waals surface area contributed by atoms with Gasteiger partial charge >= 0.3 is 12.1 Å². The van der Waals surface area contributed by atoms with Gasteiger partial charge in [-0.1, -0.05) is 6.92 Å². The summed E-state index contributed by atoms with van der Waals surface area (Å²) < 4.78 is 19.6. The molecule has 0 fully saturated rings. The zero-order valence-corrected chi connectivity index (χ0v) is 17.3. The van der Waals surface area contributed by atoms with Crippen LogP contribution in [0.4, 0.5) is 14.9 Å². The van der Waals surface area contributed by atoms with Crippen LogP contribution < -0.4 is 11.1 Å². The number of carbonyl (C=O) groups is 2. The van der Waals surface area contributed by atoms with Gasteiger partial charge in [-0.3, -0.25) is 0 Å². The van der Waals surface area contributed by atoms with Crippen molar-refractivity contribution in [2.45, 2.75) is 50.7 Å². The van der Waals surface area contributed by atoms with Crippen LogP contribution in [0.5, 0.6) is 0 Å². The number of carboxylic acids is 1. The van der Waals surface area contributed by atoms with Crippen molar-refractivity contribution < 1.29 is 23.8 Å². The van der Waals surface area contributed by atoms with Crippen molar-refractivity contribution in [1.82, 2.24) is 25.5 Å². The van der Waals surface area contributed by atoms with E-state index in [4.69, 9.17) is 10.5 Å². The number of alkyl carbamates (subject to hydrolysis) is 1. The van der Waals surface area contributed by atoms with Gasteiger partial charge in [0.15, 0.2) is 11.6 Å². The molecule has 4 N–H and O–H groups in total. The highest BCUT2D eigenvalue weighted by molar-refractivity contribution is 7.99. The molecule has 1 amide bonds. The quantitative estimate of drug-likeness (QED) is 0.447. The Balaban J connectivity index is 2.11. The number of anilines is 1. The van der Waals surface area contributed by atoms with Crippen LogP contribution in [0.15, 0.2) is 17.0 Å². The number of aromatic nitrogens is 4. The van der Waals surface area contributed by atoms with Crippen LogP contribution in [0.25, 0.3) is 5.69 Å². The number of carboxylic acid groups (broad SMARTS) is 1. The summed E-state index contributed by atoms with van der Waals surface area (Å²) in [6.07, 6.45) is -0.310. The second-order valence-electron chi connectivity index (χ2n) is 7.04. The molecule has 1 aromatic carbocycles. The number of hydrogen-bond acceptors (Lipinski definition) is 8. The van der Waals surface area contributed by atoms with Gasteiger partial charge in [-0.05, 0) is 38.1 Å². The summed E-state index contributed by atoms with van der Waals surface area (Å²) >= 11 is 0.989. The fraction of sp³-hybridized carbons (Fsp3) is 0.471. The first-order chi connectivity index (χ1) is 13.5. The molecule has 10 nitrogen and oxygen atoms in total. The summed E-state index contributed by atoms with van der Waals surface area (Å²) in [6.45, 7) is 6.83.